The molecule has 2 rings (SSSR count). The zero-order valence-corrected chi connectivity index (χ0v) is 5.96. The standard InChI is InChI=1S/C6H10O4/c1-5(2)8-4-6(3-7,9-4)10-5/h4,7H,3H2,1-2H3. The highest BCUT2D eigenvalue weighted by molar-refractivity contribution is 4.95. The Labute approximate surface area is 58.7 Å². The summed E-state index contributed by atoms with van der Waals surface area (Å²) in [5.41, 5.74) is 0. The Balaban J connectivity index is 2.10. The van der Waals surface area contributed by atoms with E-state index < -0.39 is 11.6 Å². The van der Waals surface area contributed by atoms with Crippen LogP contribution in [-0.2, 0) is 14.2 Å². The first kappa shape index (κ1) is 6.54. The molecule has 0 aromatic rings. The van der Waals surface area contributed by atoms with Gasteiger partial charge in [-0.1, -0.05) is 0 Å². The molecule has 0 saturated carbocycles. The fourth-order valence-electron chi connectivity index (χ4n) is 1.18. The van der Waals surface area contributed by atoms with Crippen molar-refractivity contribution in [1.82, 2.24) is 0 Å². The lowest BCUT2D eigenvalue weighted by Crippen LogP contribution is -2.29. The van der Waals surface area contributed by atoms with Crippen LogP contribution in [0.4, 0.5) is 0 Å². The zero-order valence-electron chi connectivity index (χ0n) is 5.96. The number of hydrogen-bond acceptors (Lipinski definition) is 4. The van der Waals surface area contributed by atoms with Gasteiger partial charge in [-0.05, 0) is 13.8 Å². The number of epoxide rings is 1. The molecular formula is C6H10O4. The Bertz CT molecular complexity index is 163. The summed E-state index contributed by atoms with van der Waals surface area (Å²) in [6, 6.07) is 0. The van der Waals surface area contributed by atoms with Crippen LogP contribution in [-0.4, -0.2) is 29.6 Å². The maximum atomic E-state index is 8.77. The Hall–Kier alpha value is -0.160. The van der Waals surface area contributed by atoms with Gasteiger partial charge in [-0.3, -0.25) is 0 Å². The molecule has 2 atom stereocenters. The van der Waals surface area contributed by atoms with Gasteiger partial charge in [0.15, 0.2) is 5.79 Å². The molecule has 0 spiro atoms. The average molecular weight is 146 g/mol. The summed E-state index contributed by atoms with van der Waals surface area (Å²) in [4.78, 5) is 0. The third-order valence-corrected chi connectivity index (χ3v) is 1.64. The predicted octanol–water partition coefficient (Wildman–Crippen LogP) is -0.186. The molecule has 4 nitrogen and oxygen atoms in total. The van der Waals surface area contributed by atoms with Gasteiger partial charge in [0.05, 0.1) is 0 Å². The highest BCUT2D eigenvalue weighted by atomic mass is 17.0. The maximum Gasteiger partial charge on any atom is 0.249 e. The van der Waals surface area contributed by atoms with Gasteiger partial charge >= 0.3 is 0 Å². The minimum atomic E-state index is -0.830. The molecular weight excluding hydrogens is 136 g/mol. The number of rotatable bonds is 1. The van der Waals surface area contributed by atoms with Crippen LogP contribution in [0.1, 0.15) is 13.8 Å². The second kappa shape index (κ2) is 1.53. The normalized spacial score (nSPS) is 48.9. The molecule has 0 aliphatic carbocycles. The second-order valence-electron chi connectivity index (χ2n) is 3.04. The molecule has 10 heavy (non-hydrogen) atoms. The van der Waals surface area contributed by atoms with Crippen LogP contribution in [0.15, 0.2) is 0 Å². The second-order valence-corrected chi connectivity index (χ2v) is 3.04. The molecule has 0 aromatic heterocycles. The van der Waals surface area contributed by atoms with E-state index in [1.54, 1.807) is 13.8 Å². The molecule has 0 aromatic carbocycles. The number of hydrogen-bond donors (Lipinski definition) is 1. The monoisotopic (exact) mass is 146 g/mol. The molecule has 2 unspecified atom stereocenters. The quantitative estimate of drug-likeness (QED) is 0.521. The van der Waals surface area contributed by atoms with Gasteiger partial charge in [0, 0.05) is 0 Å². The third kappa shape index (κ3) is 0.703. The van der Waals surface area contributed by atoms with E-state index in [0.29, 0.717) is 0 Å². The molecule has 0 radical (unpaired) electrons. The van der Waals surface area contributed by atoms with Crippen molar-refractivity contribution in [2.75, 3.05) is 6.61 Å². The minimum absolute atomic E-state index is 0.138. The predicted molar refractivity (Wildman–Crippen MR) is 30.9 cm³/mol. The molecule has 1 N–H and O–H groups in total. The Morgan fingerprint density at radius 1 is 1.40 bits per heavy atom. The van der Waals surface area contributed by atoms with Crippen LogP contribution in [0.2, 0.25) is 0 Å². The fourth-order valence-corrected chi connectivity index (χ4v) is 1.18. The van der Waals surface area contributed by atoms with E-state index in [1.165, 1.54) is 0 Å². The van der Waals surface area contributed by atoms with Crippen molar-refractivity contribution < 1.29 is 19.3 Å². The van der Waals surface area contributed by atoms with Gasteiger partial charge in [-0.15, -0.1) is 0 Å². The van der Waals surface area contributed by atoms with Crippen molar-refractivity contribution in [3.8, 4) is 0 Å². The lowest BCUT2D eigenvalue weighted by molar-refractivity contribution is -0.254. The van der Waals surface area contributed by atoms with Crippen molar-refractivity contribution in [2.24, 2.45) is 0 Å². The summed E-state index contributed by atoms with van der Waals surface area (Å²) in [5.74, 6) is -1.44. The largest absolute Gasteiger partial charge is 0.391 e. The maximum absolute atomic E-state index is 8.77. The molecule has 2 fully saturated rings. The third-order valence-electron chi connectivity index (χ3n) is 1.64. The Morgan fingerprint density at radius 3 is 2.40 bits per heavy atom. The summed E-state index contributed by atoms with van der Waals surface area (Å²) in [6.45, 7) is 3.45. The van der Waals surface area contributed by atoms with Crippen LogP contribution in [0, 0.1) is 0 Å². The molecule has 2 saturated heterocycles. The summed E-state index contributed by atoms with van der Waals surface area (Å²) in [6.07, 6.45) is -0.354. The smallest absolute Gasteiger partial charge is 0.249 e. The SMILES string of the molecule is CC1(C)OC2OC2(CO)O1. The lowest BCUT2D eigenvalue weighted by atomic mass is 10.4. The fraction of sp³-hybridized carbons (Fsp3) is 1.00. The molecule has 2 aliphatic heterocycles. The van der Waals surface area contributed by atoms with Crippen LogP contribution < -0.4 is 0 Å². The summed E-state index contributed by atoms with van der Waals surface area (Å²) in [7, 11) is 0. The number of aliphatic hydroxyl groups excluding tert-OH is 1. The first-order chi connectivity index (χ1) is 4.58. The molecule has 0 bridgehead atoms. The van der Waals surface area contributed by atoms with Crippen molar-refractivity contribution in [3.05, 3.63) is 0 Å². The highest BCUT2D eigenvalue weighted by Crippen LogP contribution is 2.49. The van der Waals surface area contributed by atoms with E-state index in [1.807, 2.05) is 0 Å². The van der Waals surface area contributed by atoms with Crippen molar-refractivity contribution in [3.63, 3.8) is 0 Å². The molecule has 58 valence electrons. The molecule has 4 heteroatoms. The van der Waals surface area contributed by atoms with Gasteiger partial charge in [0.2, 0.25) is 12.1 Å². The lowest BCUT2D eigenvalue weighted by Gasteiger charge is -2.20. The first-order valence-corrected chi connectivity index (χ1v) is 3.25. The van der Waals surface area contributed by atoms with E-state index in [-0.39, 0.29) is 12.9 Å². The van der Waals surface area contributed by atoms with Crippen LogP contribution >= 0.6 is 0 Å². The van der Waals surface area contributed by atoms with E-state index in [2.05, 4.69) is 0 Å². The number of aliphatic hydroxyl groups is 1. The van der Waals surface area contributed by atoms with Crippen molar-refractivity contribution >= 4 is 0 Å². The van der Waals surface area contributed by atoms with Crippen LogP contribution in [0.25, 0.3) is 0 Å². The van der Waals surface area contributed by atoms with Gasteiger partial charge in [-0.2, -0.15) is 0 Å². The van der Waals surface area contributed by atoms with E-state index in [9.17, 15) is 0 Å². The zero-order chi connectivity index (χ0) is 7.41. The van der Waals surface area contributed by atoms with E-state index >= 15 is 0 Å². The van der Waals surface area contributed by atoms with Gasteiger partial charge in [0.1, 0.15) is 6.61 Å². The van der Waals surface area contributed by atoms with Crippen molar-refractivity contribution in [2.45, 2.75) is 31.7 Å². The minimum Gasteiger partial charge on any atom is -0.391 e. The van der Waals surface area contributed by atoms with Gasteiger partial charge < -0.3 is 19.3 Å². The summed E-state index contributed by atoms with van der Waals surface area (Å²) < 4.78 is 15.4. The Kier molecular flexibility index (Phi) is 1.00. The molecule has 0 amide bonds. The van der Waals surface area contributed by atoms with Crippen LogP contribution in [0.3, 0.4) is 0 Å². The van der Waals surface area contributed by atoms with Gasteiger partial charge in [-0.25, -0.2) is 0 Å². The number of fused-ring (bicyclic) bond motifs is 1. The Morgan fingerprint density at radius 2 is 2.10 bits per heavy atom. The van der Waals surface area contributed by atoms with Crippen LogP contribution in [0.5, 0.6) is 0 Å². The molecule has 2 heterocycles. The summed E-state index contributed by atoms with van der Waals surface area (Å²) in [5, 5.41) is 8.77. The van der Waals surface area contributed by atoms with E-state index in [4.69, 9.17) is 19.3 Å². The molecule has 2 aliphatic rings. The average Bonchev–Trinajstić information content (AvgIpc) is 2.36. The van der Waals surface area contributed by atoms with E-state index in [0.717, 1.165) is 0 Å². The highest BCUT2D eigenvalue weighted by Gasteiger charge is 2.69. The summed E-state index contributed by atoms with van der Waals surface area (Å²) >= 11 is 0. The first-order valence-electron chi connectivity index (χ1n) is 3.25. The van der Waals surface area contributed by atoms with Crippen molar-refractivity contribution in [1.29, 1.82) is 0 Å². The number of ether oxygens (including phenoxy) is 3. The van der Waals surface area contributed by atoms with Gasteiger partial charge in [0.25, 0.3) is 0 Å². The topological polar surface area (TPSA) is 51.2 Å².